The number of hydrogen-bond acceptors (Lipinski definition) is 9. The van der Waals surface area contributed by atoms with E-state index in [1.165, 1.54) is 13.5 Å². The van der Waals surface area contributed by atoms with E-state index in [1.807, 2.05) is 46.8 Å². The second-order valence-electron chi connectivity index (χ2n) is 11.1. The van der Waals surface area contributed by atoms with Crippen LogP contribution in [0.15, 0.2) is 52.2 Å². The van der Waals surface area contributed by atoms with E-state index in [1.54, 1.807) is 28.7 Å². The Balaban J connectivity index is 1.32. The smallest absolute Gasteiger partial charge is 0.268 e. The Kier molecular flexibility index (Phi) is 9.19. The van der Waals surface area contributed by atoms with Gasteiger partial charge in [0.05, 0.1) is 23.8 Å². The Bertz CT molecular complexity index is 1460. The quantitative estimate of drug-likeness (QED) is 0.307. The first-order chi connectivity index (χ1) is 19.3. The minimum Gasteiger partial charge on any atom is -0.496 e. The van der Waals surface area contributed by atoms with E-state index < -0.39 is 27.7 Å². The summed E-state index contributed by atoms with van der Waals surface area (Å²) in [5.74, 6) is 0.394. The Morgan fingerprint density at radius 1 is 1.12 bits per heavy atom. The van der Waals surface area contributed by atoms with E-state index in [2.05, 4.69) is 20.5 Å². The number of amides is 1. The number of methoxy groups -OCH3 is 1. The summed E-state index contributed by atoms with van der Waals surface area (Å²) >= 11 is 0. The molecule has 2 heterocycles. The van der Waals surface area contributed by atoms with Gasteiger partial charge >= 0.3 is 0 Å². The number of nitrogens with one attached hydrogen (secondary N) is 2. The van der Waals surface area contributed by atoms with Gasteiger partial charge in [-0.05, 0) is 57.9 Å². The number of oxazole rings is 1. The van der Waals surface area contributed by atoms with Gasteiger partial charge in [-0.25, -0.2) is 13.4 Å². The van der Waals surface area contributed by atoms with Crippen LogP contribution in [0.25, 0.3) is 11.3 Å². The molecule has 1 aromatic heterocycles. The molecule has 1 fully saturated rings. The van der Waals surface area contributed by atoms with Crippen molar-refractivity contribution >= 4 is 21.6 Å². The average molecular weight is 586 g/mol. The number of piperazine rings is 1. The van der Waals surface area contributed by atoms with Gasteiger partial charge in [-0.2, -0.15) is 4.31 Å². The van der Waals surface area contributed by atoms with Crippen LogP contribution in [0.5, 0.6) is 5.75 Å². The van der Waals surface area contributed by atoms with E-state index in [0.29, 0.717) is 60.4 Å². The molecular weight excluding hydrogens is 546 g/mol. The number of sulfonamides is 1. The number of aliphatic hydroxyl groups is 1. The lowest BCUT2D eigenvalue weighted by molar-refractivity contribution is -0.126. The van der Waals surface area contributed by atoms with Crippen LogP contribution in [-0.4, -0.2) is 85.2 Å². The Morgan fingerprint density at radius 3 is 2.37 bits per heavy atom. The van der Waals surface area contributed by atoms with E-state index in [0.717, 1.165) is 16.7 Å². The predicted molar refractivity (Wildman–Crippen MR) is 156 cm³/mol. The zero-order valence-electron chi connectivity index (χ0n) is 24.4. The summed E-state index contributed by atoms with van der Waals surface area (Å²) in [5, 5.41) is 16.3. The second-order valence-corrected chi connectivity index (χ2v) is 13.0. The first-order valence-electron chi connectivity index (χ1n) is 13.4. The van der Waals surface area contributed by atoms with Gasteiger partial charge in [0.25, 0.3) is 5.91 Å². The zero-order chi connectivity index (χ0) is 29.9. The van der Waals surface area contributed by atoms with Crippen LogP contribution >= 0.6 is 0 Å². The molecule has 11 nitrogen and oxygen atoms in total. The van der Waals surface area contributed by atoms with Gasteiger partial charge in [-0.1, -0.05) is 17.7 Å². The minimum atomic E-state index is -3.61. The highest BCUT2D eigenvalue weighted by atomic mass is 32.2. The maximum Gasteiger partial charge on any atom is 0.268 e. The molecule has 222 valence electrons. The molecule has 0 aliphatic carbocycles. The molecule has 4 rings (SSSR count). The fourth-order valence-corrected chi connectivity index (χ4v) is 7.24. The summed E-state index contributed by atoms with van der Waals surface area (Å²) in [7, 11) is -2.09. The number of carbonyl (C=O) groups is 1. The van der Waals surface area contributed by atoms with Gasteiger partial charge in [0, 0.05) is 50.0 Å². The number of aliphatic hydroxyl groups excluding tert-OH is 1. The van der Waals surface area contributed by atoms with Crippen molar-refractivity contribution in [3.8, 4) is 17.1 Å². The van der Waals surface area contributed by atoms with Crippen molar-refractivity contribution in [1.29, 1.82) is 0 Å². The molecule has 1 amide bonds. The first kappa shape index (κ1) is 30.7. The molecule has 1 unspecified atom stereocenters. The fraction of sp³-hybridized carbons (Fsp3) is 0.448. The fourth-order valence-electron chi connectivity index (χ4n) is 5.40. The molecule has 0 radical (unpaired) electrons. The monoisotopic (exact) mass is 585 g/mol. The molecule has 12 heteroatoms. The minimum absolute atomic E-state index is 0.361. The second kappa shape index (κ2) is 12.3. The lowest BCUT2D eigenvalue weighted by atomic mass is 10.0. The van der Waals surface area contributed by atoms with Gasteiger partial charge in [0.2, 0.25) is 10.0 Å². The highest BCUT2D eigenvalue weighted by Crippen LogP contribution is 2.32. The molecule has 3 N–H and O–H groups in total. The van der Waals surface area contributed by atoms with Crippen molar-refractivity contribution in [3.05, 3.63) is 59.6 Å². The number of aryl methyl sites for hydroxylation is 3. The molecule has 3 aromatic rings. The van der Waals surface area contributed by atoms with Gasteiger partial charge in [0.1, 0.15) is 5.75 Å². The molecule has 1 atom stereocenters. The lowest BCUT2D eigenvalue weighted by Crippen LogP contribution is -2.59. The molecular formula is C29H39N5O6S. The summed E-state index contributed by atoms with van der Waals surface area (Å²) in [6, 6.07) is 8.86. The molecule has 0 spiro atoms. The van der Waals surface area contributed by atoms with Crippen molar-refractivity contribution in [2.45, 2.75) is 51.3 Å². The van der Waals surface area contributed by atoms with Gasteiger partial charge in [-0.15, -0.1) is 0 Å². The average Bonchev–Trinajstić information content (AvgIpc) is 3.42. The number of hydrogen-bond donors (Lipinski definition) is 3. The number of ether oxygens (including phenoxy) is 1. The number of carbonyl (C=O) groups excluding carboxylic acids is 1. The van der Waals surface area contributed by atoms with Crippen molar-refractivity contribution in [3.63, 3.8) is 0 Å². The maximum atomic E-state index is 13.4. The van der Waals surface area contributed by atoms with Crippen LogP contribution in [0, 0.1) is 20.8 Å². The number of nitrogens with zero attached hydrogens (tertiary/aromatic N) is 3. The summed E-state index contributed by atoms with van der Waals surface area (Å²) in [6.07, 6.45) is 1.42. The molecule has 0 saturated carbocycles. The summed E-state index contributed by atoms with van der Waals surface area (Å²) in [4.78, 5) is 19.2. The molecule has 1 aliphatic rings. The third-order valence-corrected chi connectivity index (χ3v) is 9.30. The Labute approximate surface area is 241 Å². The highest BCUT2D eigenvalue weighted by Gasteiger charge is 2.33. The largest absolute Gasteiger partial charge is 0.496 e. The normalized spacial score (nSPS) is 16.0. The van der Waals surface area contributed by atoms with Crippen LogP contribution in [-0.2, 0) is 14.8 Å². The molecule has 2 aromatic carbocycles. The van der Waals surface area contributed by atoms with E-state index in [-0.39, 0.29) is 0 Å². The molecule has 41 heavy (non-hydrogen) atoms. The van der Waals surface area contributed by atoms with Crippen LogP contribution in [0.2, 0.25) is 0 Å². The van der Waals surface area contributed by atoms with Crippen LogP contribution in [0.1, 0.15) is 30.5 Å². The molecule has 1 aliphatic heterocycles. The number of benzene rings is 2. The number of rotatable bonds is 10. The topological polar surface area (TPSA) is 137 Å². The van der Waals surface area contributed by atoms with Crippen molar-refractivity contribution in [2.75, 3.05) is 45.2 Å². The van der Waals surface area contributed by atoms with Crippen LogP contribution in [0.3, 0.4) is 0 Å². The number of anilines is 1. The van der Waals surface area contributed by atoms with Crippen molar-refractivity contribution < 1.29 is 27.5 Å². The first-order valence-corrected chi connectivity index (χ1v) is 14.9. The van der Waals surface area contributed by atoms with E-state index in [4.69, 9.17) is 9.15 Å². The number of aromatic nitrogens is 1. The highest BCUT2D eigenvalue weighted by molar-refractivity contribution is 7.89. The summed E-state index contributed by atoms with van der Waals surface area (Å²) < 4.78 is 39.1. The predicted octanol–water partition coefficient (Wildman–Crippen LogP) is 2.91. The van der Waals surface area contributed by atoms with Crippen LogP contribution < -0.4 is 15.4 Å². The summed E-state index contributed by atoms with van der Waals surface area (Å²) in [6.45, 7) is 11.7. The van der Waals surface area contributed by atoms with E-state index >= 15 is 0 Å². The Morgan fingerprint density at radius 2 is 1.78 bits per heavy atom. The third-order valence-electron chi connectivity index (χ3n) is 7.10. The zero-order valence-corrected chi connectivity index (χ0v) is 25.2. The third kappa shape index (κ3) is 7.14. The Hall–Kier alpha value is -3.29. The van der Waals surface area contributed by atoms with Crippen molar-refractivity contribution in [2.24, 2.45) is 0 Å². The van der Waals surface area contributed by atoms with Gasteiger partial charge < -0.3 is 19.6 Å². The summed E-state index contributed by atoms with van der Waals surface area (Å²) in [5.41, 5.74) is 3.04. The standard InChI is InChI=1S/C29H39N5O6S/c1-19-13-20(2)26(21(3)14-19)41(37,38)34-11-9-33(10-12-34)17-29(4,5)32-28(36)27(35)31-22-7-8-23(24(15-22)39-6)25-16-30-18-40-25/h7-8,13-16,18,28,32,36H,9-12,17H2,1-6H3,(H,31,35). The lowest BCUT2D eigenvalue weighted by Gasteiger charge is -2.39. The van der Waals surface area contributed by atoms with Gasteiger partial charge in [-0.3, -0.25) is 15.0 Å². The maximum absolute atomic E-state index is 13.4. The SMILES string of the molecule is COc1cc(NC(=O)C(O)NC(C)(C)CN2CCN(S(=O)(=O)c3c(C)cc(C)cc3C)CC2)ccc1-c1cnco1. The molecule has 0 bridgehead atoms. The van der Waals surface area contributed by atoms with E-state index in [9.17, 15) is 18.3 Å². The molecule has 1 saturated heterocycles. The van der Waals surface area contributed by atoms with Crippen molar-refractivity contribution in [1.82, 2.24) is 19.5 Å². The van der Waals surface area contributed by atoms with Crippen LogP contribution in [0.4, 0.5) is 5.69 Å². The van der Waals surface area contributed by atoms with Gasteiger partial charge in [0.15, 0.2) is 18.4 Å².